The van der Waals surface area contributed by atoms with E-state index in [1.54, 1.807) is 12.4 Å². The quantitative estimate of drug-likeness (QED) is 0.259. The Balaban J connectivity index is 1.64. The van der Waals surface area contributed by atoms with Gasteiger partial charge in [0.1, 0.15) is 5.75 Å². The molecule has 0 unspecified atom stereocenters. The second-order valence-corrected chi connectivity index (χ2v) is 8.34. The van der Waals surface area contributed by atoms with Crippen LogP contribution >= 0.6 is 0 Å². The minimum atomic E-state index is 0.124. The topological polar surface area (TPSA) is 82.3 Å². The van der Waals surface area contributed by atoms with Crippen LogP contribution in [0, 0.1) is 18.4 Å². The lowest BCUT2D eigenvalue weighted by atomic mass is 9.86. The molecule has 0 saturated carbocycles. The van der Waals surface area contributed by atoms with Crippen molar-refractivity contribution >= 4 is 11.6 Å². The van der Waals surface area contributed by atoms with Gasteiger partial charge in [0.2, 0.25) is 12.2 Å². The largest absolute Gasteiger partial charge is 0.493 e. The molecule has 1 aromatic carbocycles. The lowest BCUT2D eigenvalue weighted by molar-refractivity contribution is 0.302. The molecule has 0 fully saturated rings. The first-order valence-corrected chi connectivity index (χ1v) is 10.5. The zero-order valence-corrected chi connectivity index (χ0v) is 18.5. The van der Waals surface area contributed by atoms with Gasteiger partial charge >= 0.3 is 0 Å². The zero-order chi connectivity index (χ0) is 21.8. The van der Waals surface area contributed by atoms with Gasteiger partial charge in [0.25, 0.3) is 0 Å². The number of guanidine groups is 1. The number of rotatable bonds is 9. The zero-order valence-electron chi connectivity index (χ0n) is 18.5. The molecular formula is C24H33N5O. The molecule has 160 valence electrons. The Morgan fingerprint density at radius 2 is 1.83 bits per heavy atom. The van der Waals surface area contributed by atoms with Gasteiger partial charge in [-0.15, -0.1) is 4.99 Å². The molecule has 0 aliphatic carbocycles. The first-order valence-electron chi connectivity index (χ1n) is 10.5. The Hall–Kier alpha value is -3.07. The molecule has 0 spiro atoms. The molecule has 2 rings (SSSR count). The normalized spacial score (nSPS) is 11.6. The van der Waals surface area contributed by atoms with Crippen molar-refractivity contribution in [3.63, 3.8) is 0 Å². The highest BCUT2D eigenvalue weighted by Gasteiger charge is 2.15. The molecule has 2 aromatic rings. The number of pyridine rings is 1. The summed E-state index contributed by atoms with van der Waals surface area (Å²) >= 11 is 0. The van der Waals surface area contributed by atoms with E-state index in [4.69, 9.17) is 10.00 Å². The third-order valence-corrected chi connectivity index (χ3v) is 4.78. The second-order valence-electron chi connectivity index (χ2n) is 8.34. The fraction of sp³-hybridized carbons (Fsp3) is 0.458. The summed E-state index contributed by atoms with van der Waals surface area (Å²) in [7, 11) is 0. The lowest BCUT2D eigenvalue weighted by Crippen LogP contribution is -2.31. The average Bonchev–Trinajstić information content (AvgIpc) is 2.71. The molecule has 1 aromatic heterocycles. The Kier molecular flexibility index (Phi) is 9.14. The molecule has 0 radical (unpaired) electrons. The van der Waals surface area contributed by atoms with Crippen molar-refractivity contribution in [2.75, 3.05) is 18.5 Å². The van der Waals surface area contributed by atoms with E-state index in [0.717, 1.165) is 50.3 Å². The Bertz CT molecular complexity index is 850. The number of aliphatic imine (C=N–C) groups is 1. The molecule has 2 N–H and O–H groups in total. The number of hydrogen-bond acceptors (Lipinski definition) is 4. The monoisotopic (exact) mass is 407 g/mol. The van der Waals surface area contributed by atoms with Crippen LogP contribution in [0.2, 0.25) is 0 Å². The molecule has 6 heteroatoms. The van der Waals surface area contributed by atoms with Gasteiger partial charge in [-0.1, -0.05) is 45.7 Å². The number of anilines is 1. The highest BCUT2D eigenvalue weighted by Crippen LogP contribution is 2.28. The van der Waals surface area contributed by atoms with Crippen LogP contribution in [-0.4, -0.2) is 24.1 Å². The number of aromatic nitrogens is 1. The predicted molar refractivity (Wildman–Crippen MR) is 123 cm³/mol. The van der Waals surface area contributed by atoms with Crippen LogP contribution in [0.5, 0.6) is 5.75 Å². The lowest BCUT2D eigenvalue weighted by Gasteiger charge is -2.21. The van der Waals surface area contributed by atoms with E-state index in [1.807, 2.05) is 18.3 Å². The van der Waals surface area contributed by atoms with E-state index >= 15 is 0 Å². The molecule has 0 saturated heterocycles. The molecule has 0 aliphatic rings. The molecule has 0 aliphatic heterocycles. The summed E-state index contributed by atoms with van der Waals surface area (Å²) in [5.41, 5.74) is 3.44. The Labute approximate surface area is 180 Å². The maximum Gasteiger partial charge on any atom is 0.211 e. The smallest absolute Gasteiger partial charge is 0.211 e. The van der Waals surface area contributed by atoms with Crippen LogP contribution in [0.3, 0.4) is 0 Å². The van der Waals surface area contributed by atoms with E-state index in [2.05, 4.69) is 66.5 Å². The fourth-order valence-corrected chi connectivity index (χ4v) is 2.93. The molecular weight excluding hydrogens is 374 g/mol. The van der Waals surface area contributed by atoms with E-state index in [9.17, 15) is 0 Å². The average molecular weight is 408 g/mol. The summed E-state index contributed by atoms with van der Waals surface area (Å²) in [6.07, 6.45) is 9.41. The van der Waals surface area contributed by atoms with Gasteiger partial charge in [0, 0.05) is 24.6 Å². The third-order valence-electron chi connectivity index (χ3n) is 4.78. The van der Waals surface area contributed by atoms with Crippen molar-refractivity contribution in [3.05, 3.63) is 53.9 Å². The number of hydrogen-bond donors (Lipinski definition) is 2. The minimum absolute atomic E-state index is 0.124. The van der Waals surface area contributed by atoms with Crippen LogP contribution in [0.4, 0.5) is 5.69 Å². The Morgan fingerprint density at radius 3 is 2.53 bits per heavy atom. The van der Waals surface area contributed by atoms with Crippen LogP contribution in [0.1, 0.15) is 57.6 Å². The summed E-state index contributed by atoms with van der Waals surface area (Å²) in [5.74, 6) is 1.45. The first kappa shape index (κ1) is 23.2. The van der Waals surface area contributed by atoms with Crippen LogP contribution in [-0.2, 0) is 5.41 Å². The van der Waals surface area contributed by atoms with Gasteiger partial charge in [-0.05, 0) is 54.5 Å². The highest BCUT2D eigenvalue weighted by atomic mass is 16.5. The van der Waals surface area contributed by atoms with Crippen molar-refractivity contribution < 1.29 is 4.74 Å². The SMILES string of the molecule is Cc1ccc(C(C)(C)C)cc1OCCCCCCN/C(=N\C#N)Nc1ccncc1. The van der Waals surface area contributed by atoms with Gasteiger partial charge < -0.3 is 15.4 Å². The van der Waals surface area contributed by atoms with E-state index < -0.39 is 0 Å². The number of aryl methyl sites for hydroxylation is 1. The summed E-state index contributed by atoms with van der Waals surface area (Å²) in [5, 5.41) is 15.1. The van der Waals surface area contributed by atoms with Crippen molar-refractivity contribution in [2.45, 2.75) is 58.8 Å². The number of nitrogens with zero attached hydrogens (tertiary/aromatic N) is 3. The molecule has 0 amide bonds. The number of ether oxygens (including phenoxy) is 1. The number of nitriles is 1. The van der Waals surface area contributed by atoms with Crippen LogP contribution in [0.25, 0.3) is 0 Å². The number of unbranched alkanes of at least 4 members (excludes halogenated alkanes) is 3. The highest BCUT2D eigenvalue weighted by molar-refractivity contribution is 5.94. The molecule has 6 nitrogen and oxygen atoms in total. The van der Waals surface area contributed by atoms with Gasteiger partial charge in [0.05, 0.1) is 6.61 Å². The van der Waals surface area contributed by atoms with Crippen LogP contribution in [0.15, 0.2) is 47.7 Å². The first-order chi connectivity index (χ1) is 14.4. The fourth-order valence-electron chi connectivity index (χ4n) is 2.93. The standard InChI is InChI=1S/C24H33N5O/c1-19-9-10-20(24(2,3)4)17-22(19)30-16-8-6-5-7-13-27-23(28-18-25)29-21-11-14-26-15-12-21/h9-12,14-15,17H,5-8,13,16H2,1-4H3,(H2,26,27,28,29). The maximum absolute atomic E-state index is 8.85. The third kappa shape index (κ3) is 8.12. The van der Waals surface area contributed by atoms with Crippen molar-refractivity contribution in [2.24, 2.45) is 4.99 Å². The van der Waals surface area contributed by atoms with Gasteiger partial charge in [-0.2, -0.15) is 5.26 Å². The summed E-state index contributed by atoms with van der Waals surface area (Å²) in [6, 6.07) is 10.1. The summed E-state index contributed by atoms with van der Waals surface area (Å²) in [6.45, 7) is 10.2. The van der Waals surface area contributed by atoms with E-state index in [0.29, 0.717) is 5.96 Å². The van der Waals surface area contributed by atoms with Gasteiger partial charge in [-0.25, -0.2) is 0 Å². The summed E-state index contributed by atoms with van der Waals surface area (Å²) in [4.78, 5) is 7.77. The molecule has 30 heavy (non-hydrogen) atoms. The van der Waals surface area contributed by atoms with Crippen LogP contribution < -0.4 is 15.4 Å². The van der Waals surface area contributed by atoms with Crippen molar-refractivity contribution in [1.29, 1.82) is 5.26 Å². The van der Waals surface area contributed by atoms with Crippen molar-refractivity contribution in [3.8, 4) is 11.9 Å². The van der Waals surface area contributed by atoms with E-state index in [-0.39, 0.29) is 5.41 Å². The summed E-state index contributed by atoms with van der Waals surface area (Å²) < 4.78 is 6.03. The maximum atomic E-state index is 8.85. The number of nitrogens with one attached hydrogen (secondary N) is 2. The predicted octanol–water partition coefficient (Wildman–Crippen LogP) is 5.17. The molecule has 0 atom stereocenters. The van der Waals surface area contributed by atoms with Gasteiger partial charge in [0.15, 0.2) is 0 Å². The van der Waals surface area contributed by atoms with Crippen molar-refractivity contribution in [1.82, 2.24) is 10.3 Å². The van der Waals surface area contributed by atoms with E-state index in [1.165, 1.54) is 11.1 Å². The molecule has 1 heterocycles. The minimum Gasteiger partial charge on any atom is -0.493 e. The number of benzene rings is 1. The van der Waals surface area contributed by atoms with Gasteiger partial charge in [-0.3, -0.25) is 4.98 Å². The molecule has 0 bridgehead atoms. The Morgan fingerprint density at radius 1 is 1.10 bits per heavy atom. The second kappa shape index (κ2) is 11.8.